The lowest BCUT2D eigenvalue weighted by Gasteiger charge is -2.19. The Bertz CT molecular complexity index is 321. The van der Waals surface area contributed by atoms with E-state index in [4.69, 9.17) is 4.74 Å². The topological polar surface area (TPSA) is 21.3 Å². The summed E-state index contributed by atoms with van der Waals surface area (Å²) in [6.45, 7) is 8.50. The summed E-state index contributed by atoms with van der Waals surface area (Å²) in [4.78, 5) is 0. The number of unbranched alkanes of at least 4 members (excludes halogenated alkanes) is 1. The van der Waals surface area contributed by atoms with Crippen molar-refractivity contribution >= 4 is 0 Å². The first-order valence-electron chi connectivity index (χ1n) is 7.76. The number of benzene rings is 1. The van der Waals surface area contributed by atoms with Gasteiger partial charge in [0.2, 0.25) is 0 Å². The molecule has 0 heterocycles. The zero-order valence-electron chi connectivity index (χ0n) is 12.7. The van der Waals surface area contributed by atoms with Crippen molar-refractivity contribution in [2.45, 2.75) is 59.0 Å². The van der Waals surface area contributed by atoms with Gasteiger partial charge < -0.3 is 10.1 Å². The van der Waals surface area contributed by atoms with Gasteiger partial charge in [0.25, 0.3) is 0 Å². The van der Waals surface area contributed by atoms with Gasteiger partial charge in [-0.2, -0.15) is 0 Å². The molecule has 0 aromatic heterocycles. The van der Waals surface area contributed by atoms with Gasteiger partial charge in [0.15, 0.2) is 0 Å². The quantitative estimate of drug-likeness (QED) is 0.683. The molecule has 0 bridgehead atoms. The third-order valence-electron chi connectivity index (χ3n) is 3.28. The molecule has 0 aliphatic carbocycles. The van der Waals surface area contributed by atoms with Gasteiger partial charge in [0.1, 0.15) is 11.9 Å². The number of likely N-dealkylation sites (N-methyl/N-ethyl adjacent to an activating group) is 1. The molecular formula is C17H29NO. The van der Waals surface area contributed by atoms with Crippen LogP contribution in [0.15, 0.2) is 24.3 Å². The summed E-state index contributed by atoms with van der Waals surface area (Å²) in [5, 5.41) is 3.37. The highest BCUT2D eigenvalue weighted by Crippen LogP contribution is 2.16. The van der Waals surface area contributed by atoms with Gasteiger partial charge in [-0.25, -0.2) is 0 Å². The maximum absolute atomic E-state index is 6.05. The van der Waals surface area contributed by atoms with Crippen LogP contribution in [0.1, 0.15) is 52.0 Å². The van der Waals surface area contributed by atoms with E-state index in [0.29, 0.717) is 0 Å². The van der Waals surface area contributed by atoms with Gasteiger partial charge in [-0.05, 0) is 43.5 Å². The second-order valence-corrected chi connectivity index (χ2v) is 5.08. The van der Waals surface area contributed by atoms with Crippen molar-refractivity contribution in [3.63, 3.8) is 0 Å². The van der Waals surface area contributed by atoms with Crippen molar-refractivity contribution < 1.29 is 4.74 Å². The van der Waals surface area contributed by atoms with Gasteiger partial charge in [-0.1, -0.05) is 45.7 Å². The zero-order valence-corrected chi connectivity index (χ0v) is 12.7. The van der Waals surface area contributed by atoms with E-state index in [2.05, 4.69) is 50.4 Å². The Balaban J connectivity index is 2.48. The van der Waals surface area contributed by atoms with Crippen molar-refractivity contribution in [1.82, 2.24) is 5.32 Å². The molecule has 0 radical (unpaired) electrons. The van der Waals surface area contributed by atoms with Crippen LogP contribution in [0.2, 0.25) is 0 Å². The van der Waals surface area contributed by atoms with Crippen LogP contribution < -0.4 is 10.1 Å². The van der Waals surface area contributed by atoms with E-state index < -0.39 is 0 Å². The van der Waals surface area contributed by atoms with Gasteiger partial charge in [-0.3, -0.25) is 0 Å². The Morgan fingerprint density at radius 1 is 1.05 bits per heavy atom. The summed E-state index contributed by atoms with van der Waals surface area (Å²) in [6.07, 6.45) is 6.23. The summed E-state index contributed by atoms with van der Waals surface area (Å²) >= 11 is 0. The van der Waals surface area contributed by atoms with Crippen LogP contribution in [0.25, 0.3) is 0 Å². The molecule has 1 aromatic carbocycles. The normalized spacial score (nSPS) is 12.4. The van der Waals surface area contributed by atoms with Gasteiger partial charge >= 0.3 is 0 Å². The molecule has 0 aliphatic heterocycles. The summed E-state index contributed by atoms with van der Waals surface area (Å²) in [6, 6.07) is 8.61. The first-order valence-corrected chi connectivity index (χ1v) is 7.76. The largest absolute Gasteiger partial charge is 0.489 e. The van der Waals surface area contributed by atoms with Crippen LogP contribution in [0.4, 0.5) is 0 Å². The fourth-order valence-electron chi connectivity index (χ4n) is 2.14. The Morgan fingerprint density at radius 2 is 1.79 bits per heavy atom. The molecule has 1 rings (SSSR count). The number of hydrogen-bond acceptors (Lipinski definition) is 2. The molecule has 0 amide bonds. The molecule has 1 unspecified atom stereocenters. The maximum Gasteiger partial charge on any atom is 0.119 e. The Kier molecular flexibility index (Phi) is 8.31. The van der Waals surface area contributed by atoms with Gasteiger partial charge in [-0.15, -0.1) is 0 Å². The molecule has 19 heavy (non-hydrogen) atoms. The molecule has 0 aliphatic rings. The monoisotopic (exact) mass is 263 g/mol. The van der Waals surface area contributed by atoms with Gasteiger partial charge in [0, 0.05) is 6.54 Å². The summed E-state index contributed by atoms with van der Waals surface area (Å²) in [5.41, 5.74) is 1.41. The predicted molar refractivity (Wildman–Crippen MR) is 82.9 cm³/mol. The number of aryl methyl sites for hydroxylation is 1. The standard InChI is InChI=1S/C17H29NO/c1-4-7-9-15-10-12-16(13-11-15)19-17(8-5-2)14-18-6-3/h10-13,17-18H,4-9,14H2,1-3H3. The van der Waals surface area contributed by atoms with Crippen molar-refractivity contribution in [2.75, 3.05) is 13.1 Å². The summed E-state index contributed by atoms with van der Waals surface area (Å²) < 4.78 is 6.05. The lowest BCUT2D eigenvalue weighted by molar-refractivity contribution is 0.187. The van der Waals surface area contributed by atoms with Crippen molar-refractivity contribution in [2.24, 2.45) is 0 Å². The van der Waals surface area contributed by atoms with E-state index in [0.717, 1.165) is 31.7 Å². The van der Waals surface area contributed by atoms with E-state index >= 15 is 0 Å². The minimum atomic E-state index is 0.284. The van der Waals surface area contributed by atoms with Crippen LogP contribution in [0, 0.1) is 0 Å². The number of hydrogen-bond donors (Lipinski definition) is 1. The van der Waals surface area contributed by atoms with Crippen LogP contribution in [-0.2, 0) is 6.42 Å². The van der Waals surface area contributed by atoms with E-state index in [1.54, 1.807) is 0 Å². The predicted octanol–water partition coefficient (Wildman–Crippen LogP) is 4.19. The van der Waals surface area contributed by atoms with Crippen LogP contribution >= 0.6 is 0 Å². The van der Waals surface area contributed by atoms with Crippen LogP contribution in [0.3, 0.4) is 0 Å². The average molecular weight is 263 g/mol. The van der Waals surface area contributed by atoms with E-state index in [1.807, 2.05) is 0 Å². The highest BCUT2D eigenvalue weighted by Gasteiger charge is 2.08. The Hall–Kier alpha value is -1.02. The van der Waals surface area contributed by atoms with Crippen molar-refractivity contribution in [1.29, 1.82) is 0 Å². The second kappa shape index (κ2) is 9.85. The molecule has 2 heteroatoms. The van der Waals surface area contributed by atoms with E-state index in [9.17, 15) is 0 Å². The Morgan fingerprint density at radius 3 is 2.37 bits per heavy atom. The fraction of sp³-hybridized carbons (Fsp3) is 0.647. The minimum Gasteiger partial charge on any atom is -0.489 e. The highest BCUT2D eigenvalue weighted by atomic mass is 16.5. The molecule has 2 nitrogen and oxygen atoms in total. The third-order valence-corrected chi connectivity index (χ3v) is 3.28. The summed E-state index contributed by atoms with van der Waals surface area (Å²) in [5.74, 6) is 0.997. The number of ether oxygens (including phenoxy) is 1. The molecule has 0 saturated heterocycles. The maximum atomic E-state index is 6.05. The molecule has 0 spiro atoms. The van der Waals surface area contributed by atoms with Crippen molar-refractivity contribution in [3.8, 4) is 5.75 Å². The number of nitrogens with one attached hydrogen (secondary N) is 1. The smallest absolute Gasteiger partial charge is 0.119 e. The SMILES string of the molecule is CCCCc1ccc(OC(CCC)CNCC)cc1. The highest BCUT2D eigenvalue weighted by molar-refractivity contribution is 5.27. The number of rotatable bonds is 10. The molecule has 1 atom stereocenters. The average Bonchev–Trinajstić information content (AvgIpc) is 2.44. The minimum absolute atomic E-state index is 0.284. The van der Waals surface area contributed by atoms with E-state index in [-0.39, 0.29) is 6.10 Å². The zero-order chi connectivity index (χ0) is 13.9. The molecule has 0 saturated carbocycles. The Labute approximate surface area is 118 Å². The van der Waals surface area contributed by atoms with Crippen molar-refractivity contribution in [3.05, 3.63) is 29.8 Å². The molecular weight excluding hydrogens is 234 g/mol. The lowest BCUT2D eigenvalue weighted by Crippen LogP contribution is -2.31. The second-order valence-electron chi connectivity index (χ2n) is 5.08. The van der Waals surface area contributed by atoms with Gasteiger partial charge in [0.05, 0.1) is 0 Å². The lowest BCUT2D eigenvalue weighted by atomic mass is 10.1. The summed E-state index contributed by atoms with van der Waals surface area (Å²) in [7, 11) is 0. The van der Waals surface area contributed by atoms with Crippen LogP contribution in [-0.4, -0.2) is 19.2 Å². The van der Waals surface area contributed by atoms with E-state index in [1.165, 1.54) is 24.8 Å². The fourth-order valence-corrected chi connectivity index (χ4v) is 2.14. The first kappa shape index (κ1) is 16.0. The molecule has 0 fully saturated rings. The molecule has 1 N–H and O–H groups in total. The molecule has 108 valence electrons. The molecule has 1 aromatic rings. The first-order chi connectivity index (χ1) is 9.30. The third kappa shape index (κ3) is 6.63. The van der Waals surface area contributed by atoms with Crippen LogP contribution in [0.5, 0.6) is 5.75 Å².